The summed E-state index contributed by atoms with van der Waals surface area (Å²) < 4.78 is 0. The maximum Gasteiger partial charge on any atom is 0.184 e. The highest BCUT2D eigenvalue weighted by atomic mass is 32.1. The molecule has 3 nitrogen and oxygen atoms in total. The van der Waals surface area contributed by atoms with Gasteiger partial charge in [0.25, 0.3) is 0 Å². The van der Waals surface area contributed by atoms with E-state index in [1.807, 2.05) is 72.8 Å². The Hall–Kier alpha value is -2.46. The fraction of sp³-hybridized carbons (Fsp3) is 0. The molecule has 0 atom stereocenters. The molecule has 2 rings (SSSR count). The number of nitrogens with zero attached hydrogens (tertiary/aromatic N) is 1. The monoisotopic (exact) mass is 281 g/mol. The summed E-state index contributed by atoms with van der Waals surface area (Å²) in [7, 11) is 0. The summed E-state index contributed by atoms with van der Waals surface area (Å²) in [6.07, 6.45) is 3.92. The quantitative estimate of drug-likeness (QED) is 0.514. The van der Waals surface area contributed by atoms with Crippen molar-refractivity contribution in [1.82, 2.24) is 5.43 Å². The van der Waals surface area contributed by atoms with Gasteiger partial charge >= 0.3 is 0 Å². The summed E-state index contributed by atoms with van der Waals surface area (Å²) >= 11 is 4.78. The zero-order valence-electron chi connectivity index (χ0n) is 10.9. The SMILES string of the molecule is NC(=S)N/N=C(/C=C/c1ccccc1)c1ccccc1. The van der Waals surface area contributed by atoms with Crippen LogP contribution in [0.25, 0.3) is 6.08 Å². The minimum atomic E-state index is 0.145. The van der Waals surface area contributed by atoms with Crippen LogP contribution in [0.1, 0.15) is 11.1 Å². The Labute approximate surface area is 123 Å². The molecule has 0 aliphatic carbocycles. The third-order valence-corrected chi connectivity index (χ3v) is 2.68. The number of rotatable bonds is 4. The summed E-state index contributed by atoms with van der Waals surface area (Å²) in [6, 6.07) is 19.9. The molecule has 0 saturated heterocycles. The smallest absolute Gasteiger partial charge is 0.184 e. The van der Waals surface area contributed by atoms with Gasteiger partial charge in [0.1, 0.15) is 0 Å². The molecule has 0 aliphatic heterocycles. The Morgan fingerprint density at radius 1 is 1.00 bits per heavy atom. The van der Waals surface area contributed by atoms with Gasteiger partial charge in [-0.25, -0.2) is 0 Å². The molecule has 0 aromatic heterocycles. The van der Waals surface area contributed by atoms with Crippen LogP contribution >= 0.6 is 12.2 Å². The Kier molecular flexibility index (Phi) is 5.03. The van der Waals surface area contributed by atoms with Crippen molar-refractivity contribution in [3.05, 3.63) is 77.9 Å². The van der Waals surface area contributed by atoms with E-state index in [2.05, 4.69) is 10.5 Å². The lowest BCUT2D eigenvalue weighted by Crippen LogP contribution is -2.25. The van der Waals surface area contributed by atoms with E-state index in [1.54, 1.807) is 0 Å². The fourth-order valence-electron chi connectivity index (χ4n) is 1.66. The van der Waals surface area contributed by atoms with E-state index in [1.165, 1.54) is 0 Å². The molecule has 100 valence electrons. The van der Waals surface area contributed by atoms with Crippen LogP contribution in [-0.2, 0) is 0 Å². The number of allylic oxidation sites excluding steroid dienone is 1. The molecular formula is C16H15N3S. The molecule has 0 saturated carbocycles. The number of nitrogens with two attached hydrogens (primary N) is 1. The van der Waals surface area contributed by atoms with Crippen molar-refractivity contribution in [3.63, 3.8) is 0 Å². The van der Waals surface area contributed by atoms with E-state index in [0.29, 0.717) is 0 Å². The van der Waals surface area contributed by atoms with Crippen LogP contribution in [-0.4, -0.2) is 10.8 Å². The summed E-state index contributed by atoms with van der Waals surface area (Å²) in [5.41, 5.74) is 10.9. The lowest BCUT2D eigenvalue weighted by atomic mass is 10.1. The number of hydrogen-bond donors (Lipinski definition) is 2. The van der Waals surface area contributed by atoms with Gasteiger partial charge in [0.15, 0.2) is 5.11 Å². The highest BCUT2D eigenvalue weighted by Gasteiger charge is 1.99. The molecule has 0 unspecified atom stereocenters. The topological polar surface area (TPSA) is 50.4 Å². The first-order chi connectivity index (χ1) is 9.75. The number of hydrazone groups is 1. The summed E-state index contributed by atoms with van der Waals surface area (Å²) in [6.45, 7) is 0. The third-order valence-electron chi connectivity index (χ3n) is 2.59. The predicted molar refractivity (Wildman–Crippen MR) is 88.4 cm³/mol. The maximum atomic E-state index is 5.42. The van der Waals surface area contributed by atoms with Crippen molar-refractivity contribution in [1.29, 1.82) is 0 Å². The second-order valence-corrected chi connectivity index (χ2v) is 4.52. The maximum absolute atomic E-state index is 5.42. The average molecular weight is 281 g/mol. The largest absolute Gasteiger partial charge is 0.375 e. The van der Waals surface area contributed by atoms with E-state index in [-0.39, 0.29) is 5.11 Å². The average Bonchev–Trinajstić information content (AvgIpc) is 2.49. The van der Waals surface area contributed by atoms with E-state index in [9.17, 15) is 0 Å². The second-order valence-electron chi connectivity index (χ2n) is 4.08. The Morgan fingerprint density at radius 2 is 1.60 bits per heavy atom. The zero-order valence-corrected chi connectivity index (χ0v) is 11.7. The molecule has 0 aliphatic rings. The van der Waals surface area contributed by atoms with E-state index >= 15 is 0 Å². The van der Waals surface area contributed by atoms with Crippen molar-refractivity contribution in [3.8, 4) is 0 Å². The molecular weight excluding hydrogens is 266 g/mol. The minimum absolute atomic E-state index is 0.145. The van der Waals surface area contributed by atoms with Gasteiger partial charge in [0, 0.05) is 5.56 Å². The van der Waals surface area contributed by atoms with Crippen LogP contribution in [0, 0.1) is 0 Å². The van der Waals surface area contributed by atoms with Crippen LogP contribution in [0.2, 0.25) is 0 Å². The van der Waals surface area contributed by atoms with Gasteiger partial charge in [-0.1, -0.05) is 66.7 Å². The number of thiocarbonyl (C=S) groups is 1. The summed E-state index contributed by atoms with van der Waals surface area (Å²) in [4.78, 5) is 0. The van der Waals surface area contributed by atoms with Crippen molar-refractivity contribution in [2.45, 2.75) is 0 Å². The second kappa shape index (κ2) is 7.21. The van der Waals surface area contributed by atoms with Crippen molar-refractivity contribution < 1.29 is 0 Å². The minimum Gasteiger partial charge on any atom is -0.375 e. The molecule has 2 aromatic carbocycles. The summed E-state index contributed by atoms with van der Waals surface area (Å²) in [5.74, 6) is 0. The molecule has 20 heavy (non-hydrogen) atoms. The van der Waals surface area contributed by atoms with Crippen molar-refractivity contribution >= 4 is 29.1 Å². The standard InChI is InChI=1S/C16H15N3S/c17-16(20)19-18-15(14-9-5-2-6-10-14)12-11-13-7-3-1-4-8-13/h1-12H,(H3,17,19,20)/b12-11+,18-15-. The van der Waals surface area contributed by atoms with Gasteiger partial charge in [0.2, 0.25) is 0 Å². The number of benzene rings is 2. The number of nitrogens with one attached hydrogen (secondary N) is 1. The molecule has 2 aromatic rings. The van der Waals surface area contributed by atoms with E-state index in [0.717, 1.165) is 16.8 Å². The Morgan fingerprint density at radius 3 is 2.20 bits per heavy atom. The summed E-state index contributed by atoms with van der Waals surface area (Å²) in [5, 5.41) is 4.37. The third kappa shape index (κ3) is 4.33. The van der Waals surface area contributed by atoms with E-state index < -0.39 is 0 Å². The van der Waals surface area contributed by atoms with Gasteiger partial charge in [-0.05, 0) is 23.9 Å². The molecule has 0 bridgehead atoms. The van der Waals surface area contributed by atoms with Gasteiger partial charge in [-0.2, -0.15) is 5.10 Å². The first kappa shape index (κ1) is 14.0. The van der Waals surface area contributed by atoms with Crippen LogP contribution in [0.5, 0.6) is 0 Å². The fourth-order valence-corrected chi connectivity index (χ4v) is 1.71. The van der Waals surface area contributed by atoms with Crippen LogP contribution in [0.3, 0.4) is 0 Å². The first-order valence-corrected chi connectivity index (χ1v) is 6.58. The highest BCUT2D eigenvalue weighted by molar-refractivity contribution is 7.80. The van der Waals surface area contributed by atoms with Gasteiger partial charge in [0.05, 0.1) is 5.71 Å². The van der Waals surface area contributed by atoms with E-state index in [4.69, 9.17) is 18.0 Å². The first-order valence-electron chi connectivity index (χ1n) is 6.17. The molecule has 0 spiro atoms. The van der Waals surface area contributed by atoms with Crippen LogP contribution < -0.4 is 11.2 Å². The molecule has 0 amide bonds. The lowest BCUT2D eigenvalue weighted by Gasteiger charge is -2.03. The Balaban J connectivity index is 2.26. The molecule has 4 heteroatoms. The van der Waals surface area contributed by atoms with Crippen molar-refractivity contribution in [2.75, 3.05) is 0 Å². The Bertz CT molecular complexity index is 619. The zero-order chi connectivity index (χ0) is 14.2. The molecule has 0 fully saturated rings. The molecule has 0 radical (unpaired) electrons. The molecule has 0 heterocycles. The molecule has 3 N–H and O–H groups in total. The normalized spacial score (nSPS) is 11.5. The van der Waals surface area contributed by atoms with Gasteiger partial charge < -0.3 is 5.73 Å². The van der Waals surface area contributed by atoms with Gasteiger partial charge in [-0.3, -0.25) is 5.43 Å². The van der Waals surface area contributed by atoms with Crippen molar-refractivity contribution in [2.24, 2.45) is 10.8 Å². The highest BCUT2D eigenvalue weighted by Crippen LogP contribution is 2.06. The lowest BCUT2D eigenvalue weighted by molar-refractivity contribution is 1.03. The van der Waals surface area contributed by atoms with Gasteiger partial charge in [-0.15, -0.1) is 0 Å². The van der Waals surface area contributed by atoms with Crippen LogP contribution in [0.15, 0.2) is 71.8 Å². The van der Waals surface area contributed by atoms with Crippen LogP contribution in [0.4, 0.5) is 0 Å². The predicted octanol–water partition coefficient (Wildman–Crippen LogP) is 2.94. The number of hydrogen-bond acceptors (Lipinski definition) is 2.